The molecule has 0 saturated heterocycles. The van der Waals surface area contributed by atoms with Crippen molar-refractivity contribution in [1.29, 1.82) is 0 Å². The molecule has 1 unspecified atom stereocenters. The largest absolute Gasteiger partial charge is 0.392 e. The minimum Gasteiger partial charge on any atom is -0.317 e. The number of carbonyl (C=O) groups excluding carboxylic acids is 1. The first-order valence-corrected chi connectivity index (χ1v) is 9.83. The van der Waals surface area contributed by atoms with Crippen LogP contribution in [0.4, 0.5) is 13.2 Å². The molecule has 2 aliphatic carbocycles. The van der Waals surface area contributed by atoms with Crippen LogP contribution in [0.25, 0.3) is 0 Å². The Morgan fingerprint density at radius 3 is 2.60 bits per heavy atom. The van der Waals surface area contributed by atoms with Crippen LogP contribution in [-0.4, -0.2) is 41.6 Å². The molecular formula is C17H26F3N3OS. The third-order valence-corrected chi connectivity index (χ3v) is 7.31. The summed E-state index contributed by atoms with van der Waals surface area (Å²) in [5.74, 6) is -1.78. The number of halogens is 3. The second-order valence-corrected chi connectivity index (χ2v) is 9.24. The van der Waals surface area contributed by atoms with Crippen LogP contribution in [0, 0.1) is 17.8 Å². The molecule has 0 bridgehead atoms. The highest BCUT2D eigenvalue weighted by atomic mass is 32.2. The second kappa shape index (κ2) is 7.10. The van der Waals surface area contributed by atoms with Crippen LogP contribution in [0.2, 0.25) is 0 Å². The highest BCUT2D eigenvalue weighted by Gasteiger charge is 2.53. The number of nitrogens with zero attached hydrogens (tertiary/aromatic N) is 1. The summed E-state index contributed by atoms with van der Waals surface area (Å²) in [5.41, 5.74) is 0. The zero-order chi connectivity index (χ0) is 18.2. The van der Waals surface area contributed by atoms with Gasteiger partial charge >= 0.3 is 6.18 Å². The first-order chi connectivity index (χ1) is 11.7. The van der Waals surface area contributed by atoms with E-state index >= 15 is 0 Å². The van der Waals surface area contributed by atoms with Gasteiger partial charge in [0.15, 0.2) is 5.17 Å². The molecule has 0 spiro atoms. The number of amidine groups is 1. The Morgan fingerprint density at radius 1 is 1.28 bits per heavy atom. The summed E-state index contributed by atoms with van der Waals surface area (Å²) in [4.78, 5) is 16.6. The summed E-state index contributed by atoms with van der Waals surface area (Å²) in [7, 11) is 1.88. The van der Waals surface area contributed by atoms with Crippen LogP contribution in [0.15, 0.2) is 4.99 Å². The Hall–Kier alpha value is -0.760. The first kappa shape index (κ1) is 19.0. The molecule has 2 saturated carbocycles. The molecule has 3 rings (SSSR count). The van der Waals surface area contributed by atoms with Gasteiger partial charge < -0.3 is 10.6 Å². The maximum atomic E-state index is 13.4. The molecule has 3 atom stereocenters. The SMILES string of the molecule is CN[C@H]1C[C@H](C(=O)NC2=NCC(C)([C@H]3CCCC[C@H]3C(F)(F)F)S2)C1. The van der Waals surface area contributed by atoms with Gasteiger partial charge in [-0.2, -0.15) is 13.2 Å². The van der Waals surface area contributed by atoms with E-state index in [1.54, 1.807) is 0 Å². The summed E-state index contributed by atoms with van der Waals surface area (Å²) in [6, 6.07) is 0.383. The van der Waals surface area contributed by atoms with Gasteiger partial charge in [0.05, 0.1) is 12.5 Å². The van der Waals surface area contributed by atoms with Crippen molar-refractivity contribution in [2.24, 2.45) is 22.7 Å². The average Bonchev–Trinajstić information content (AvgIpc) is 2.88. The number of carbonyl (C=O) groups is 1. The predicted octanol–water partition coefficient (Wildman–Crippen LogP) is 3.33. The maximum absolute atomic E-state index is 13.4. The molecule has 0 aromatic rings. The van der Waals surface area contributed by atoms with E-state index in [2.05, 4.69) is 15.6 Å². The molecule has 142 valence electrons. The zero-order valence-corrected chi connectivity index (χ0v) is 15.5. The van der Waals surface area contributed by atoms with Gasteiger partial charge in [-0.25, -0.2) is 0 Å². The van der Waals surface area contributed by atoms with Crippen molar-refractivity contribution in [2.45, 2.75) is 62.4 Å². The van der Waals surface area contributed by atoms with Crippen molar-refractivity contribution >= 4 is 22.8 Å². The predicted molar refractivity (Wildman–Crippen MR) is 93.5 cm³/mol. The lowest BCUT2D eigenvalue weighted by atomic mass is 9.72. The van der Waals surface area contributed by atoms with E-state index in [-0.39, 0.29) is 18.2 Å². The Balaban J connectivity index is 1.59. The second-order valence-electron chi connectivity index (χ2n) is 7.72. The van der Waals surface area contributed by atoms with E-state index in [4.69, 9.17) is 0 Å². The molecule has 8 heteroatoms. The molecule has 1 amide bonds. The minimum atomic E-state index is -4.16. The van der Waals surface area contributed by atoms with Crippen molar-refractivity contribution in [1.82, 2.24) is 10.6 Å². The van der Waals surface area contributed by atoms with Gasteiger partial charge in [-0.05, 0) is 45.6 Å². The van der Waals surface area contributed by atoms with Gasteiger partial charge in [0.1, 0.15) is 0 Å². The van der Waals surface area contributed by atoms with Crippen molar-refractivity contribution in [3.63, 3.8) is 0 Å². The van der Waals surface area contributed by atoms with E-state index in [1.807, 2.05) is 14.0 Å². The van der Waals surface area contributed by atoms with Gasteiger partial charge in [0.2, 0.25) is 5.91 Å². The third kappa shape index (κ3) is 3.99. The maximum Gasteiger partial charge on any atom is 0.392 e. The number of rotatable bonds is 3. The number of aliphatic imine (C=N–C) groups is 1. The van der Waals surface area contributed by atoms with E-state index in [0.29, 0.717) is 30.6 Å². The Morgan fingerprint density at radius 2 is 1.96 bits per heavy atom. The van der Waals surface area contributed by atoms with E-state index in [1.165, 1.54) is 11.8 Å². The average molecular weight is 377 g/mol. The van der Waals surface area contributed by atoms with Gasteiger partial charge in [-0.15, -0.1) is 0 Å². The number of thioether (sulfide) groups is 1. The summed E-state index contributed by atoms with van der Waals surface area (Å²) in [6.07, 6.45) is -0.291. The normalized spacial score (nSPS) is 38.8. The summed E-state index contributed by atoms with van der Waals surface area (Å²) in [5, 5.41) is 6.46. The molecule has 0 radical (unpaired) electrons. The monoisotopic (exact) mass is 377 g/mol. The number of hydrogen-bond donors (Lipinski definition) is 2. The molecule has 2 N–H and O–H groups in total. The molecule has 2 fully saturated rings. The van der Waals surface area contributed by atoms with Gasteiger partial charge in [-0.1, -0.05) is 24.6 Å². The van der Waals surface area contributed by atoms with E-state index < -0.39 is 22.8 Å². The number of hydrogen-bond acceptors (Lipinski definition) is 4. The summed E-state index contributed by atoms with van der Waals surface area (Å²) >= 11 is 1.33. The van der Waals surface area contributed by atoms with Gasteiger partial charge in [-0.3, -0.25) is 9.79 Å². The highest BCUT2D eigenvalue weighted by Crippen LogP contribution is 2.52. The lowest BCUT2D eigenvalue weighted by molar-refractivity contribution is -0.199. The Bertz CT molecular complexity index is 548. The van der Waals surface area contributed by atoms with E-state index in [0.717, 1.165) is 19.3 Å². The fraction of sp³-hybridized carbons (Fsp3) is 0.882. The van der Waals surface area contributed by atoms with E-state index in [9.17, 15) is 18.0 Å². The molecule has 4 nitrogen and oxygen atoms in total. The molecule has 1 aliphatic heterocycles. The third-order valence-electron chi connectivity index (χ3n) is 5.98. The quantitative estimate of drug-likeness (QED) is 0.793. The van der Waals surface area contributed by atoms with Gasteiger partial charge in [0, 0.05) is 16.7 Å². The molecular weight excluding hydrogens is 351 g/mol. The minimum absolute atomic E-state index is 0.0230. The summed E-state index contributed by atoms with van der Waals surface area (Å²) in [6.45, 7) is 2.21. The standard InChI is InChI=1S/C17H26F3N3OS/c1-16(12-5-3-4-6-13(12)17(18,19)20)9-22-15(25-16)23-14(24)10-7-11(8-10)21-2/h10-13,21H,3-9H2,1-2H3,(H,22,23,24)/t10-,11-,12-,13+,16?/m0/s1. The highest BCUT2D eigenvalue weighted by molar-refractivity contribution is 8.15. The lowest BCUT2D eigenvalue weighted by Gasteiger charge is -2.42. The number of nitrogens with one attached hydrogen (secondary N) is 2. The topological polar surface area (TPSA) is 53.5 Å². The van der Waals surface area contributed by atoms with Crippen LogP contribution in [0.3, 0.4) is 0 Å². The van der Waals surface area contributed by atoms with Crippen LogP contribution in [-0.2, 0) is 4.79 Å². The smallest absolute Gasteiger partial charge is 0.317 e. The first-order valence-electron chi connectivity index (χ1n) is 9.01. The molecule has 3 aliphatic rings. The lowest BCUT2D eigenvalue weighted by Crippen LogP contribution is -2.48. The van der Waals surface area contributed by atoms with Crippen LogP contribution < -0.4 is 10.6 Å². The molecule has 25 heavy (non-hydrogen) atoms. The van der Waals surface area contributed by atoms with Crippen LogP contribution >= 0.6 is 11.8 Å². The van der Waals surface area contributed by atoms with Crippen molar-refractivity contribution in [3.8, 4) is 0 Å². The molecule has 0 aromatic carbocycles. The molecule has 0 aromatic heterocycles. The Kier molecular flexibility index (Phi) is 5.40. The molecule has 1 heterocycles. The number of alkyl halides is 3. The van der Waals surface area contributed by atoms with Crippen molar-refractivity contribution in [2.75, 3.05) is 13.6 Å². The van der Waals surface area contributed by atoms with Gasteiger partial charge in [0.25, 0.3) is 0 Å². The Labute approximate surface area is 150 Å². The zero-order valence-electron chi connectivity index (χ0n) is 14.7. The van der Waals surface area contributed by atoms with Crippen molar-refractivity contribution in [3.05, 3.63) is 0 Å². The fourth-order valence-electron chi connectivity index (χ4n) is 4.30. The van der Waals surface area contributed by atoms with Crippen LogP contribution in [0.5, 0.6) is 0 Å². The van der Waals surface area contributed by atoms with Crippen LogP contribution in [0.1, 0.15) is 45.4 Å². The number of amides is 1. The summed E-state index contributed by atoms with van der Waals surface area (Å²) < 4.78 is 39.7. The van der Waals surface area contributed by atoms with Crippen molar-refractivity contribution < 1.29 is 18.0 Å². The fourth-order valence-corrected chi connectivity index (χ4v) is 5.59.